The van der Waals surface area contributed by atoms with Gasteiger partial charge in [0.1, 0.15) is 0 Å². The van der Waals surface area contributed by atoms with Crippen molar-refractivity contribution in [3.05, 3.63) is 82.9 Å². The predicted molar refractivity (Wildman–Crippen MR) is 114 cm³/mol. The maximum absolute atomic E-state index is 5.77. The number of hydrogen-bond acceptors (Lipinski definition) is 2. The zero-order valence-corrected chi connectivity index (χ0v) is 16.9. The summed E-state index contributed by atoms with van der Waals surface area (Å²) in [5.41, 5.74) is 7.11. The smallest absolute Gasteiger partial charge is 0.174 e. The van der Waals surface area contributed by atoms with E-state index in [1.54, 1.807) is 0 Å². The summed E-state index contributed by atoms with van der Waals surface area (Å²) in [6.07, 6.45) is 1.84. The molecule has 2 aromatic heterocycles. The molecule has 1 saturated heterocycles. The Morgan fingerprint density at radius 1 is 1.04 bits per heavy atom. The van der Waals surface area contributed by atoms with E-state index in [9.17, 15) is 0 Å². The van der Waals surface area contributed by atoms with Crippen LogP contribution in [0, 0.1) is 20.8 Å². The third-order valence-electron chi connectivity index (χ3n) is 5.54. The number of aromatic nitrogens is 2. The molecule has 1 aliphatic heterocycles. The van der Waals surface area contributed by atoms with Gasteiger partial charge in [-0.3, -0.25) is 4.98 Å². The highest BCUT2D eigenvalue weighted by atomic mass is 32.1. The van der Waals surface area contributed by atoms with Crippen LogP contribution >= 0.6 is 12.2 Å². The number of aryl methyl sites for hydroxylation is 2. The molecule has 0 unspecified atom stereocenters. The van der Waals surface area contributed by atoms with Crippen LogP contribution in [0.15, 0.2) is 54.7 Å². The van der Waals surface area contributed by atoms with Crippen molar-refractivity contribution in [3.8, 4) is 0 Å². The second-order valence-corrected chi connectivity index (χ2v) is 7.60. The van der Waals surface area contributed by atoms with E-state index in [0.29, 0.717) is 0 Å². The van der Waals surface area contributed by atoms with Gasteiger partial charge in [0, 0.05) is 30.3 Å². The molecule has 2 atom stereocenters. The van der Waals surface area contributed by atoms with E-state index in [1.807, 2.05) is 18.3 Å². The largest absolute Gasteiger partial charge is 0.352 e. The first kappa shape index (κ1) is 17.7. The lowest BCUT2D eigenvalue weighted by molar-refractivity contribution is 0.564. The van der Waals surface area contributed by atoms with E-state index in [0.717, 1.165) is 16.5 Å². The first-order valence-corrected chi connectivity index (χ1v) is 9.58. The van der Waals surface area contributed by atoms with Crippen LogP contribution in [0.5, 0.6) is 0 Å². The average Bonchev–Trinajstić information content (AvgIpc) is 3.14. The van der Waals surface area contributed by atoms with E-state index in [-0.39, 0.29) is 12.1 Å². The monoisotopic (exact) mass is 376 g/mol. The van der Waals surface area contributed by atoms with E-state index in [2.05, 4.69) is 84.0 Å². The number of hydrogen-bond donors (Lipinski definition) is 1. The minimum absolute atomic E-state index is 0.000466. The minimum Gasteiger partial charge on any atom is -0.352 e. The summed E-state index contributed by atoms with van der Waals surface area (Å²) in [6.45, 7) is 6.42. The third kappa shape index (κ3) is 3.02. The lowest BCUT2D eigenvalue weighted by Gasteiger charge is -2.28. The third-order valence-corrected chi connectivity index (χ3v) is 5.86. The van der Waals surface area contributed by atoms with Gasteiger partial charge < -0.3 is 14.8 Å². The highest BCUT2D eigenvalue weighted by Gasteiger charge is 2.41. The Morgan fingerprint density at radius 2 is 1.78 bits per heavy atom. The fourth-order valence-electron chi connectivity index (χ4n) is 3.84. The van der Waals surface area contributed by atoms with Crippen molar-refractivity contribution in [3.63, 3.8) is 0 Å². The van der Waals surface area contributed by atoms with Gasteiger partial charge >= 0.3 is 0 Å². The van der Waals surface area contributed by atoms with Gasteiger partial charge in [-0.05, 0) is 68.9 Å². The number of anilines is 1. The summed E-state index contributed by atoms with van der Waals surface area (Å²) >= 11 is 5.77. The van der Waals surface area contributed by atoms with Crippen molar-refractivity contribution in [2.75, 3.05) is 4.90 Å². The predicted octanol–water partition coefficient (Wildman–Crippen LogP) is 4.52. The molecule has 0 saturated carbocycles. The Labute approximate surface area is 165 Å². The second kappa shape index (κ2) is 6.82. The zero-order chi connectivity index (χ0) is 19.1. The molecule has 4 nitrogen and oxygen atoms in total. The average molecular weight is 377 g/mol. The van der Waals surface area contributed by atoms with Crippen molar-refractivity contribution in [2.45, 2.75) is 32.9 Å². The maximum atomic E-state index is 5.77. The van der Waals surface area contributed by atoms with Crippen LogP contribution in [-0.2, 0) is 7.05 Å². The van der Waals surface area contributed by atoms with Gasteiger partial charge in [-0.15, -0.1) is 0 Å². The van der Waals surface area contributed by atoms with Crippen LogP contribution in [0.3, 0.4) is 0 Å². The molecular formula is C22H24N4S. The molecule has 4 rings (SSSR count). The molecule has 138 valence electrons. The quantitative estimate of drug-likeness (QED) is 0.681. The fourth-order valence-corrected chi connectivity index (χ4v) is 4.18. The number of rotatable bonds is 3. The van der Waals surface area contributed by atoms with Crippen LogP contribution in [0.25, 0.3) is 0 Å². The van der Waals surface area contributed by atoms with Crippen LogP contribution in [0.2, 0.25) is 0 Å². The SMILES string of the molecule is Cc1ccc(N2C(=S)N[C@@H](c3ccccn3)[C@H]2c2cc(C)n(C)c2C)cc1. The van der Waals surface area contributed by atoms with Gasteiger partial charge in [-0.1, -0.05) is 23.8 Å². The van der Waals surface area contributed by atoms with Crippen LogP contribution < -0.4 is 10.2 Å². The molecular weight excluding hydrogens is 352 g/mol. The zero-order valence-electron chi connectivity index (χ0n) is 16.1. The molecule has 3 aromatic rings. The molecule has 1 aromatic carbocycles. The van der Waals surface area contributed by atoms with Crippen LogP contribution in [0.1, 0.15) is 40.3 Å². The minimum atomic E-state index is 0.000466. The Kier molecular flexibility index (Phi) is 4.48. The number of thiocarbonyl (C=S) groups is 1. The number of nitrogens with one attached hydrogen (secondary N) is 1. The van der Waals surface area contributed by atoms with Crippen molar-refractivity contribution >= 4 is 23.0 Å². The molecule has 27 heavy (non-hydrogen) atoms. The van der Waals surface area contributed by atoms with Gasteiger partial charge in [-0.25, -0.2) is 0 Å². The Balaban J connectivity index is 1.87. The van der Waals surface area contributed by atoms with Gasteiger partial charge in [0.15, 0.2) is 5.11 Å². The Hall–Kier alpha value is -2.66. The summed E-state index contributed by atoms with van der Waals surface area (Å²) < 4.78 is 2.24. The standard InChI is InChI=1S/C22H24N4S/c1-14-8-10-17(11-9-14)26-21(18-13-15(2)25(4)16(18)3)20(24-22(26)27)19-7-5-6-12-23-19/h5-13,20-21H,1-4H3,(H,24,27)/t20-,21+/m0/s1. The van der Waals surface area contributed by atoms with Gasteiger partial charge in [0.05, 0.1) is 17.8 Å². The van der Waals surface area contributed by atoms with E-state index in [4.69, 9.17) is 12.2 Å². The van der Waals surface area contributed by atoms with Gasteiger partial charge in [0.2, 0.25) is 0 Å². The molecule has 0 bridgehead atoms. The van der Waals surface area contributed by atoms with E-state index in [1.165, 1.54) is 22.5 Å². The normalized spacial score (nSPS) is 19.4. The summed E-state index contributed by atoms with van der Waals surface area (Å²) in [7, 11) is 2.11. The first-order chi connectivity index (χ1) is 13.0. The van der Waals surface area contributed by atoms with Crippen LogP contribution in [0.4, 0.5) is 5.69 Å². The molecule has 3 heterocycles. The number of nitrogens with zero attached hydrogens (tertiary/aromatic N) is 3. The second-order valence-electron chi connectivity index (χ2n) is 7.22. The molecule has 1 aliphatic rings. The lowest BCUT2D eigenvalue weighted by atomic mass is 9.96. The number of pyridine rings is 1. The summed E-state index contributed by atoms with van der Waals surface area (Å²) in [6, 6.07) is 16.9. The van der Waals surface area contributed by atoms with Crippen molar-refractivity contribution in [1.29, 1.82) is 0 Å². The molecule has 1 fully saturated rings. The Morgan fingerprint density at radius 3 is 2.37 bits per heavy atom. The first-order valence-electron chi connectivity index (χ1n) is 9.17. The highest BCUT2D eigenvalue weighted by molar-refractivity contribution is 7.80. The highest BCUT2D eigenvalue weighted by Crippen LogP contribution is 2.43. The molecule has 0 aliphatic carbocycles. The molecule has 1 N–H and O–H groups in total. The summed E-state index contributed by atoms with van der Waals surface area (Å²) in [5, 5.41) is 4.26. The molecule has 5 heteroatoms. The fraction of sp³-hybridized carbons (Fsp3) is 0.273. The Bertz CT molecular complexity index is 976. The van der Waals surface area contributed by atoms with E-state index >= 15 is 0 Å². The lowest BCUT2D eigenvalue weighted by Crippen LogP contribution is -2.29. The van der Waals surface area contributed by atoms with E-state index < -0.39 is 0 Å². The summed E-state index contributed by atoms with van der Waals surface area (Å²) in [5.74, 6) is 0. The molecule has 0 spiro atoms. The molecule has 0 amide bonds. The van der Waals surface area contributed by atoms with Crippen LogP contribution in [-0.4, -0.2) is 14.7 Å². The summed E-state index contributed by atoms with van der Waals surface area (Å²) in [4.78, 5) is 6.85. The van der Waals surface area contributed by atoms with Crippen molar-refractivity contribution < 1.29 is 0 Å². The maximum Gasteiger partial charge on any atom is 0.174 e. The topological polar surface area (TPSA) is 33.1 Å². The number of benzene rings is 1. The van der Waals surface area contributed by atoms with Crippen molar-refractivity contribution in [1.82, 2.24) is 14.9 Å². The van der Waals surface area contributed by atoms with Gasteiger partial charge in [0.25, 0.3) is 0 Å². The van der Waals surface area contributed by atoms with Crippen molar-refractivity contribution in [2.24, 2.45) is 7.05 Å². The molecule has 0 radical (unpaired) electrons. The van der Waals surface area contributed by atoms with Gasteiger partial charge in [-0.2, -0.15) is 0 Å².